The highest BCUT2D eigenvalue weighted by atomic mass is 19.4. The predicted octanol–water partition coefficient (Wildman–Crippen LogP) is 3.88. The van der Waals surface area contributed by atoms with E-state index in [0.29, 0.717) is 36.2 Å². The zero-order valence-corrected chi connectivity index (χ0v) is 20.0. The standard InChI is InChI=1S/C26H24F3N5O3/c1-2-15-12-16(26(27,28)29)14-19(13-15)34-23-20(22(31-34)24(30)36)9-11-33(25(23)37)18-7-5-17(6-8-18)32-10-3-4-21(32)35/h5-8,12-14H,2-4,9-11H2,1H3,(H2,30,36). The number of carbonyl (C=O) groups excluding carboxylic acids is 3. The highest BCUT2D eigenvalue weighted by Crippen LogP contribution is 2.34. The number of carbonyl (C=O) groups is 3. The second-order valence-corrected chi connectivity index (χ2v) is 9.06. The van der Waals surface area contributed by atoms with Gasteiger partial charge in [-0.1, -0.05) is 6.92 Å². The Bertz CT molecular complexity index is 1410. The minimum absolute atomic E-state index is 0.000208. The fourth-order valence-electron chi connectivity index (χ4n) is 4.89. The Balaban J connectivity index is 1.57. The van der Waals surface area contributed by atoms with Crippen LogP contribution in [-0.2, 0) is 23.8 Å². The molecular weight excluding hydrogens is 487 g/mol. The first-order chi connectivity index (χ1) is 17.6. The summed E-state index contributed by atoms with van der Waals surface area (Å²) in [6, 6.07) is 10.4. The van der Waals surface area contributed by atoms with E-state index in [0.717, 1.165) is 28.9 Å². The van der Waals surface area contributed by atoms with Crippen LogP contribution in [0.15, 0.2) is 42.5 Å². The second kappa shape index (κ2) is 9.06. The summed E-state index contributed by atoms with van der Waals surface area (Å²) in [5, 5.41) is 4.20. The molecule has 0 aliphatic carbocycles. The second-order valence-electron chi connectivity index (χ2n) is 9.06. The number of nitrogens with two attached hydrogens (primary N) is 1. The van der Waals surface area contributed by atoms with Crippen LogP contribution in [0.1, 0.15) is 57.4 Å². The van der Waals surface area contributed by atoms with Crippen molar-refractivity contribution < 1.29 is 27.6 Å². The molecule has 2 aliphatic rings. The molecule has 2 aliphatic heterocycles. The van der Waals surface area contributed by atoms with E-state index in [-0.39, 0.29) is 35.9 Å². The van der Waals surface area contributed by atoms with Crippen molar-refractivity contribution in [1.29, 1.82) is 0 Å². The van der Waals surface area contributed by atoms with Gasteiger partial charge in [-0.15, -0.1) is 0 Å². The van der Waals surface area contributed by atoms with Gasteiger partial charge in [0, 0.05) is 36.4 Å². The van der Waals surface area contributed by atoms with E-state index in [1.54, 1.807) is 36.1 Å². The first-order valence-electron chi connectivity index (χ1n) is 11.9. The summed E-state index contributed by atoms with van der Waals surface area (Å²) in [7, 11) is 0. The van der Waals surface area contributed by atoms with Gasteiger partial charge >= 0.3 is 6.18 Å². The molecule has 3 amide bonds. The summed E-state index contributed by atoms with van der Waals surface area (Å²) in [4.78, 5) is 41.1. The first kappa shape index (κ1) is 24.5. The molecule has 192 valence electrons. The van der Waals surface area contributed by atoms with E-state index >= 15 is 0 Å². The third-order valence-corrected chi connectivity index (χ3v) is 6.75. The number of benzene rings is 2. The van der Waals surface area contributed by atoms with Gasteiger partial charge in [0.05, 0.1) is 11.3 Å². The number of hydrogen-bond acceptors (Lipinski definition) is 4. The average Bonchev–Trinajstić information content (AvgIpc) is 3.48. The maximum absolute atomic E-state index is 13.7. The van der Waals surface area contributed by atoms with Gasteiger partial charge in [0.1, 0.15) is 5.69 Å². The Morgan fingerprint density at radius 3 is 2.22 bits per heavy atom. The lowest BCUT2D eigenvalue weighted by Gasteiger charge is -2.28. The highest BCUT2D eigenvalue weighted by Gasteiger charge is 2.36. The van der Waals surface area contributed by atoms with E-state index in [4.69, 9.17) is 5.73 Å². The van der Waals surface area contributed by atoms with Crippen LogP contribution in [0.4, 0.5) is 24.5 Å². The number of anilines is 2. The monoisotopic (exact) mass is 511 g/mol. The number of aromatic nitrogens is 2. The largest absolute Gasteiger partial charge is 0.416 e. The number of fused-ring (bicyclic) bond motifs is 1. The summed E-state index contributed by atoms with van der Waals surface area (Å²) in [6.45, 7) is 2.58. The average molecular weight is 512 g/mol. The molecular formula is C26H24F3N5O3. The fourth-order valence-corrected chi connectivity index (χ4v) is 4.89. The fraction of sp³-hybridized carbons (Fsp3) is 0.308. The molecule has 0 radical (unpaired) electrons. The molecule has 1 aromatic heterocycles. The van der Waals surface area contributed by atoms with Crippen LogP contribution < -0.4 is 15.5 Å². The van der Waals surface area contributed by atoms with Crippen molar-refractivity contribution in [2.75, 3.05) is 22.9 Å². The number of rotatable bonds is 5. The van der Waals surface area contributed by atoms with Crippen molar-refractivity contribution >= 4 is 29.1 Å². The molecule has 8 nitrogen and oxygen atoms in total. The summed E-state index contributed by atoms with van der Waals surface area (Å²) in [5.74, 6) is -1.33. The zero-order valence-electron chi connectivity index (χ0n) is 20.0. The Morgan fingerprint density at radius 1 is 0.973 bits per heavy atom. The molecule has 37 heavy (non-hydrogen) atoms. The van der Waals surface area contributed by atoms with Crippen LogP contribution in [0.25, 0.3) is 5.69 Å². The van der Waals surface area contributed by atoms with Crippen molar-refractivity contribution in [3.05, 3.63) is 70.5 Å². The number of halogens is 3. The van der Waals surface area contributed by atoms with Crippen molar-refractivity contribution in [3.63, 3.8) is 0 Å². The van der Waals surface area contributed by atoms with Crippen LogP contribution in [0.3, 0.4) is 0 Å². The molecule has 2 N–H and O–H groups in total. The molecule has 0 saturated carbocycles. The van der Waals surface area contributed by atoms with Crippen LogP contribution in [0.5, 0.6) is 0 Å². The third-order valence-electron chi connectivity index (χ3n) is 6.75. The molecule has 11 heteroatoms. The SMILES string of the molecule is CCc1cc(-n2nc(C(N)=O)c3c2C(=O)N(c2ccc(N4CCCC4=O)cc2)CC3)cc(C(F)(F)F)c1. The van der Waals surface area contributed by atoms with Gasteiger partial charge in [-0.3, -0.25) is 14.4 Å². The Labute approximate surface area is 210 Å². The molecule has 1 fully saturated rings. The van der Waals surface area contributed by atoms with E-state index in [1.165, 1.54) is 11.0 Å². The zero-order chi connectivity index (χ0) is 26.5. The lowest BCUT2D eigenvalue weighted by molar-refractivity contribution is -0.137. The molecule has 1 saturated heterocycles. The molecule has 3 heterocycles. The summed E-state index contributed by atoms with van der Waals surface area (Å²) >= 11 is 0. The van der Waals surface area contributed by atoms with Gasteiger partial charge in [-0.2, -0.15) is 18.3 Å². The molecule has 5 rings (SSSR count). The number of hydrogen-bond donors (Lipinski definition) is 1. The van der Waals surface area contributed by atoms with Gasteiger partial charge in [0.2, 0.25) is 5.91 Å². The van der Waals surface area contributed by atoms with E-state index < -0.39 is 23.6 Å². The van der Waals surface area contributed by atoms with E-state index in [9.17, 15) is 27.6 Å². The number of nitrogens with zero attached hydrogens (tertiary/aromatic N) is 4. The lowest BCUT2D eigenvalue weighted by atomic mass is 10.0. The Morgan fingerprint density at radius 2 is 1.65 bits per heavy atom. The van der Waals surface area contributed by atoms with Crippen molar-refractivity contribution in [1.82, 2.24) is 9.78 Å². The molecule has 0 atom stereocenters. The number of alkyl halides is 3. The van der Waals surface area contributed by atoms with Gasteiger partial charge in [-0.25, -0.2) is 4.68 Å². The number of amides is 3. The van der Waals surface area contributed by atoms with E-state index in [2.05, 4.69) is 5.10 Å². The van der Waals surface area contributed by atoms with Crippen LogP contribution in [-0.4, -0.2) is 40.6 Å². The smallest absolute Gasteiger partial charge is 0.364 e. The third kappa shape index (κ3) is 4.34. The summed E-state index contributed by atoms with van der Waals surface area (Å²) < 4.78 is 41.9. The highest BCUT2D eigenvalue weighted by molar-refractivity contribution is 6.09. The minimum atomic E-state index is -4.60. The van der Waals surface area contributed by atoms with Crippen LogP contribution in [0, 0.1) is 0 Å². The molecule has 0 spiro atoms. The van der Waals surface area contributed by atoms with E-state index in [1.807, 2.05) is 0 Å². The maximum Gasteiger partial charge on any atom is 0.416 e. The minimum Gasteiger partial charge on any atom is -0.364 e. The quantitative estimate of drug-likeness (QED) is 0.562. The Hall–Kier alpha value is -4.15. The van der Waals surface area contributed by atoms with Gasteiger partial charge < -0.3 is 15.5 Å². The summed E-state index contributed by atoms with van der Waals surface area (Å²) in [5.41, 5.74) is 6.52. The molecule has 0 unspecified atom stereocenters. The van der Waals surface area contributed by atoms with Crippen molar-refractivity contribution in [3.8, 4) is 5.69 Å². The molecule has 3 aromatic rings. The van der Waals surface area contributed by atoms with Crippen LogP contribution in [0.2, 0.25) is 0 Å². The van der Waals surface area contributed by atoms with Gasteiger partial charge in [0.15, 0.2) is 5.69 Å². The number of aryl methyl sites for hydroxylation is 1. The van der Waals surface area contributed by atoms with Gasteiger partial charge in [0.25, 0.3) is 11.8 Å². The maximum atomic E-state index is 13.7. The normalized spacial score (nSPS) is 15.9. The van der Waals surface area contributed by atoms with Gasteiger partial charge in [-0.05, 0) is 67.3 Å². The lowest BCUT2D eigenvalue weighted by Crippen LogP contribution is -2.39. The van der Waals surface area contributed by atoms with Crippen molar-refractivity contribution in [2.24, 2.45) is 5.73 Å². The summed E-state index contributed by atoms with van der Waals surface area (Å²) in [6.07, 6.45) is -2.75. The molecule has 2 aromatic carbocycles. The Kier molecular flexibility index (Phi) is 6.01. The molecule has 0 bridgehead atoms. The predicted molar refractivity (Wildman–Crippen MR) is 130 cm³/mol. The number of primary amides is 1. The first-order valence-corrected chi connectivity index (χ1v) is 11.9. The van der Waals surface area contributed by atoms with Crippen molar-refractivity contribution in [2.45, 2.75) is 38.8 Å². The topological polar surface area (TPSA) is 102 Å². The van der Waals surface area contributed by atoms with Crippen LogP contribution >= 0.6 is 0 Å².